The lowest BCUT2D eigenvalue weighted by atomic mass is 10.2. The number of carboxylic acid groups (broad SMARTS) is 1. The summed E-state index contributed by atoms with van der Waals surface area (Å²) in [4.78, 5) is 32.8. The van der Waals surface area contributed by atoms with Crippen LogP contribution in [-0.2, 0) is 17.9 Å². The van der Waals surface area contributed by atoms with E-state index >= 15 is 0 Å². The largest absolute Gasteiger partial charge is 0.480 e. The average molecular weight is 337 g/mol. The smallest absolute Gasteiger partial charge is 0.323 e. The molecule has 0 unspecified atom stereocenters. The summed E-state index contributed by atoms with van der Waals surface area (Å²) < 4.78 is 6.59. The molecule has 0 bridgehead atoms. The van der Waals surface area contributed by atoms with Crippen molar-refractivity contribution in [3.8, 4) is 5.88 Å². The van der Waals surface area contributed by atoms with E-state index in [1.807, 2.05) is 4.90 Å². The van der Waals surface area contributed by atoms with Crippen LogP contribution >= 0.6 is 11.6 Å². The summed E-state index contributed by atoms with van der Waals surface area (Å²) in [5.41, 5.74) is 0.295. The summed E-state index contributed by atoms with van der Waals surface area (Å²) >= 11 is 6.18. The van der Waals surface area contributed by atoms with Crippen molar-refractivity contribution >= 4 is 23.4 Å². The quantitative estimate of drug-likeness (QED) is 0.884. The van der Waals surface area contributed by atoms with E-state index < -0.39 is 18.1 Å². The van der Waals surface area contributed by atoms with E-state index in [4.69, 9.17) is 21.4 Å². The summed E-state index contributed by atoms with van der Waals surface area (Å²) in [6.07, 6.45) is 2.80. The van der Waals surface area contributed by atoms with Crippen molar-refractivity contribution in [3.05, 3.63) is 45.6 Å². The fraction of sp³-hybridized carbons (Fsp3) is 0.286. The maximum absolute atomic E-state index is 12.0. The molecule has 2 aromatic heterocycles. The molecule has 23 heavy (non-hydrogen) atoms. The maximum atomic E-state index is 12.0. The van der Waals surface area contributed by atoms with Gasteiger partial charge in [0.15, 0.2) is 0 Å². The lowest BCUT2D eigenvalue weighted by Crippen LogP contribution is -2.30. The number of hydrogen-bond donors (Lipinski definition) is 1. The van der Waals surface area contributed by atoms with E-state index in [2.05, 4.69) is 9.97 Å². The predicted molar refractivity (Wildman–Crippen MR) is 81.9 cm³/mol. The molecule has 0 radical (unpaired) electrons. The van der Waals surface area contributed by atoms with Gasteiger partial charge in [-0.25, -0.2) is 9.97 Å². The van der Waals surface area contributed by atoms with Crippen LogP contribution in [0.25, 0.3) is 0 Å². The van der Waals surface area contributed by atoms with Crippen molar-refractivity contribution < 1.29 is 14.6 Å². The van der Waals surface area contributed by atoms with E-state index in [-0.39, 0.29) is 0 Å². The number of aromatic nitrogens is 3. The number of carbonyl (C=O) groups is 1. The molecule has 3 rings (SSSR count). The van der Waals surface area contributed by atoms with Crippen LogP contribution in [0.15, 0.2) is 29.5 Å². The number of pyridine rings is 1. The molecule has 120 valence electrons. The Hall–Kier alpha value is -2.61. The molecule has 1 aliphatic rings. The molecule has 1 N–H and O–H groups in total. The third kappa shape index (κ3) is 3.26. The fourth-order valence-electron chi connectivity index (χ4n) is 2.29. The highest BCUT2D eigenvalue weighted by atomic mass is 35.5. The van der Waals surface area contributed by atoms with Crippen LogP contribution in [0.2, 0.25) is 5.02 Å². The first kappa shape index (κ1) is 15.3. The van der Waals surface area contributed by atoms with Gasteiger partial charge in [-0.05, 0) is 6.07 Å². The Kier molecular flexibility index (Phi) is 4.16. The zero-order valence-corrected chi connectivity index (χ0v) is 12.7. The van der Waals surface area contributed by atoms with Gasteiger partial charge in [-0.1, -0.05) is 11.6 Å². The molecule has 0 saturated carbocycles. The summed E-state index contributed by atoms with van der Waals surface area (Å²) in [6, 6.07) is 2.98. The first-order chi connectivity index (χ1) is 11.0. The molecule has 0 fully saturated rings. The average Bonchev–Trinajstić information content (AvgIpc) is 2.72. The van der Waals surface area contributed by atoms with Gasteiger partial charge < -0.3 is 14.7 Å². The summed E-state index contributed by atoms with van der Waals surface area (Å²) in [5, 5.41) is 9.28. The highest BCUT2D eigenvalue weighted by molar-refractivity contribution is 6.31. The molecule has 0 saturated heterocycles. The van der Waals surface area contributed by atoms with Crippen LogP contribution in [0.1, 0.15) is 5.56 Å². The maximum Gasteiger partial charge on any atom is 0.323 e. The molecular weight excluding hydrogens is 324 g/mol. The van der Waals surface area contributed by atoms with E-state index in [1.165, 1.54) is 12.4 Å². The van der Waals surface area contributed by atoms with E-state index in [1.54, 1.807) is 12.3 Å². The normalized spacial score (nSPS) is 13.9. The van der Waals surface area contributed by atoms with Gasteiger partial charge in [-0.2, -0.15) is 0 Å². The van der Waals surface area contributed by atoms with Crippen LogP contribution < -0.4 is 15.2 Å². The molecular formula is C14H13ClN4O4. The molecule has 0 spiro atoms. The van der Waals surface area contributed by atoms with Gasteiger partial charge in [0.2, 0.25) is 5.88 Å². The SMILES string of the molecule is O=C(O)Cn1cnc(N2CCOc3nccc(Cl)c3C2)cc1=O. The number of nitrogens with zero attached hydrogens (tertiary/aromatic N) is 4. The van der Waals surface area contributed by atoms with E-state index in [9.17, 15) is 9.59 Å². The fourth-order valence-corrected chi connectivity index (χ4v) is 2.49. The van der Waals surface area contributed by atoms with Gasteiger partial charge in [0.25, 0.3) is 5.56 Å². The van der Waals surface area contributed by atoms with Gasteiger partial charge in [0.1, 0.15) is 25.3 Å². The second-order valence-corrected chi connectivity index (χ2v) is 5.36. The number of carboxylic acids is 1. The van der Waals surface area contributed by atoms with E-state index in [0.29, 0.717) is 36.4 Å². The second-order valence-electron chi connectivity index (χ2n) is 4.95. The van der Waals surface area contributed by atoms with Gasteiger partial charge in [0, 0.05) is 12.3 Å². The Bertz CT molecular complexity index is 808. The number of anilines is 1. The molecule has 0 aromatic carbocycles. The molecule has 0 amide bonds. The van der Waals surface area contributed by atoms with Crippen molar-refractivity contribution in [2.75, 3.05) is 18.1 Å². The lowest BCUT2D eigenvalue weighted by Gasteiger charge is -2.21. The highest BCUT2D eigenvalue weighted by Crippen LogP contribution is 2.28. The Balaban J connectivity index is 1.90. The molecule has 8 nitrogen and oxygen atoms in total. The van der Waals surface area contributed by atoms with Crippen LogP contribution in [-0.4, -0.2) is 38.8 Å². The molecule has 0 atom stereocenters. The highest BCUT2D eigenvalue weighted by Gasteiger charge is 2.20. The van der Waals surface area contributed by atoms with Gasteiger partial charge >= 0.3 is 5.97 Å². The number of ether oxygens (including phenoxy) is 1. The minimum absolute atomic E-state index is 0.375. The van der Waals surface area contributed by atoms with Gasteiger partial charge in [0.05, 0.1) is 23.7 Å². The monoisotopic (exact) mass is 336 g/mol. The third-order valence-electron chi connectivity index (χ3n) is 3.40. The molecule has 9 heteroatoms. The Labute approximate surface area is 135 Å². The summed E-state index contributed by atoms with van der Waals surface area (Å²) in [5.74, 6) is -0.191. The zero-order chi connectivity index (χ0) is 16.4. The van der Waals surface area contributed by atoms with Gasteiger partial charge in [-0.3, -0.25) is 14.2 Å². The molecule has 3 heterocycles. The minimum Gasteiger partial charge on any atom is -0.480 e. The standard InChI is InChI=1S/C14H13ClN4O4/c15-10-1-2-16-14-9(10)6-18(3-4-23-14)11-5-12(20)19(8-17-11)7-13(21)22/h1-2,5,8H,3-4,6-7H2,(H,21,22). The van der Waals surface area contributed by atoms with Crippen LogP contribution in [0.5, 0.6) is 5.88 Å². The number of fused-ring (bicyclic) bond motifs is 1. The Morgan fingerprint density at radius 3 is 3.00 bits per heavy atom. The van der Waals surface area contributed by atoms with Crippen LogP contribution in [0.4, 0.5) is 5.82 Å². The Morgan fingerprint density at radius 2 is 2.26 bits per heavy atom. The van der Waals surface area contributed by atoms with Crippen molar-refractivity contribution in [1.82, 2.24) is 14.5 Å². The van der Waals surface area contributed by atoms with Crippen molar-refractivity contribution in [2.24, 2.45) is 0 Å². The molecule has 2 aromatic rings. The third-order valence-corrected chi connectivity index (χ3v) is 3.76. The second kappa shape index (κ2) is 6.25. The lowest BCUT2D eigenvalue weighted by molar-refractivity contribution is -0.137. The molecule has 0 aliphatic carbocycles. The topological polar surface area (TPSA) is 97.6 Å². The zero-order valence-electron chi connectivity index (χ0n) is 12.0. The summed E-state index contributed by atoms with van der Waals surface area (Å²) in [7, 11) is 0. The van der Waals surface area contributed by atoms with Crippen molar-refractivity contribution in [1.29, 1.82) is 0 Å². The first-order valence-electron chi connectivity index (χ1n) is 6.84. The van der Waals surface area contributed by atoms with Gasteiger partial charge in [-0.15, -0.1) is 0 Å². The number of aliphatic carboxylic acids is 1. The first-order valence-corrected chi connectivity index (χ1v) is 7.22. The number of rotatable bonds is 3. The minimum atomic E-state index is -1.10. The number of halogens is 1. The molecule has 1 aliphatic heterocycles. The number of hydrogen-bond acceptors (Lipinski definition) is 6. The summed E-state index contributed by atoms with van der Waals surface area (Å²) in [6.45, 7) is 0.855. The van der Waals surface area contributed by atoms with Crippen molar-refractivity contribution in [3.63, 3.8) is 0 Å². The Morgan fingerprint density at radius 1 is 1.43 bits per heavy atom. The van der Waals surface area contributed by atoms with Crippen molar-refractivity contribution in [2.45, 2.75) is 13.1 Å². The van der Waals surface area contributed by atoms with Crippen LogP contribution in [0.3, 0.4) is 0 Å². The predicted octanol–water partition coefficient (Wildman–Crippen LogP) is 0.775. The van der Waals surface area contributed by atoms with E-state index in [0.717, 1.165) is 10.1 Å². The van der Waals surface area contributed by atoms with Crippen LogP contribution in [0, 0.1) is 0 Å².